The monoisotopic (exact) mass is 208 g/mol. The molecule has 0 nitrogen and oxygen atoms in total. The van der Waals surface area contributed by atoms with Crippen LogP contribution in [0.4, 0.5) is 0 Å². The molecule has 0 fully saturated rings. The minimum absolute atomic E-state index is 0.437. The van der Waals surface area contributed by atoms with E-state index in [2.05, 4.69) is 26.2 Å². The third-order valence-corrected chi connectivity index (χ3v) is 4.01. The fraction of sp³-hybridized carbons (Fsp3) is 0.692. The zero-order chi connectivity index (χ0) is 10.2. The highest BCUT2D eigenvalue weighted by Crippen LogP contribution is 2.33. The molecule has 0 N–H and O–H groups in total. The number of thiophene rings is 1. The van der Waals surface area contributed by atoms with Gasteiger partial charge in [-0.25, -0.2) is 0 Å². The van der Waals surface area contributed by atoms with E-state index < -0.39 is 0 Å². The van der Waals surface area contributed by atoms with Crippen LogP contribution >= 0.6 is 11.3 Å². The van der Waals surface area contributed by atoms with Crippen molar-refractivity contribution in [1.82, 2.24) is 0 Å². The van der Waals surface area contributed by atoms with Gasteiger partial charge in [0.25, 0.3) is 0 Å². The first-order chi connectivity index (χ1) is 6.56. The van der Waals surface area contributed by atoms with Crippen molar-refractivity contribution in [1.29, 1.82) is 0 Å². The predicted molar refractivity (Wildman–Crippen MR) is 64.1 cm³/mol. The molecule has 1 heterocycles. The van der Waals surface area contributed by atoms with Gasteiger partial charge in [0.2, 0.25) is 0 Å². The van der Waals surface area contributed by atoms with E-state index in [1.54, 1.807) is 16.0 Å². The lowest BCUT2D eigenvalue weighted by Crippen LogP contribution is -2.11. The summed E-state index contributed by atoms with van der Waals surface area (Å²) in [5.74, 6) is 0. The van der Waals surface area contributed by atoms with Gasteiger partial charge in [-0.2, -0.15) is 0 Å². The maximum atomic E-state index is 2.40. The third-order valence-electron chi connectivity index (χ3n) is 2.87. The molecule has 1 aromatic heterocycles. The van der Waals surface area contributed by atoms with Crippen LogP contribution in [-0.4, -0.2) is 0 Å². The molecular formula is C13H20S. The van der Waals surface area contributed by atoms with E-state index >= 15 is 0 Å². The van der Waals surface area contributed by atoms with Crippen LogP contribution in [0.5, 0.6) is 0 Å². The average Bonchev–Trinajstić information content (AvgIpc) is 2.47. The summed E-state index contributed by atoms with van der Waals surface area (Å²) in [6, 6.07) is 0. The Hall–Kier alpha value is -0.300. The van der Waals surface area contributed by atoms with Gasteiger partial charge in [0, 0.05) is 4.88 Å². The third kappa shape index (κ3) is 2.20. The summed E-state index contributed by atoms with van der Waals surface area (Å²) in [6.07, 6.45) is 6.73. The Kier molecular flexibility index (Phi) is 2.70. The van der Waals surface area contributed by atoms with Crippen LogP contribution in [0.15, 0.2) is 5.38 Å². The lowest BCUT2D eigenvalue weighted by atomic mass is 9.85. The summed E-state index contributed by atoms with van der Waals surface area (Å²) < 4.78 is 0. The quantitative estimate of drug-likeness (QED) is 0.648. The Balaban J connectivity index is 2.22. The molecule has 0 bridgehead atoms. The second kappa shape index (κ2) is 3.69. The van der Waals surface area contributed by atoms with E-state index in [0.717, 1.165) is 0 Å². The van der Waals surface area contributed by atoms with Crippen molar-refractivity contribution in [3.05, 3.63) is 21.4 Å². The van der Waals surface area contributed by atoms with Gasteiger partial charge >= 0.3 is 0 Å². The van der Waals surface area contributed by atoms with Crippen LogP contribution in [0, 0.1) is 5.41 Å². The van der Waals surface area contributed by atoms with E-state index in [4.69, 9.17) is 0 Å². The maximum Gasteiger partial charge on any atom is 0.00800 e. The first kappa shape index (κ1) is 10.2. The molecule has 1 aromatic rings. The molecule has 0 saturated heterocycles. The van der Waals surface area contributed by atoms with E-state index in [1.165, 1.54) is 32.1 Å². The van der Waals surface area contributed by atoms with Crippen molar-refractivity contribution in [2.45, 2.75) is 52.9 Å². The number of aryl methyl sites for hydroxylation is 1. The molecule has 0 radical (unpaired) electrons. The topological polar surface area (TPSA) is 0 Å². The molecule has 1 heteroatoms. The largest absolute Gasteiger partial charge is 0.148 e. The normalized spacial score (nSPS) is 16.8. The van der Waals surface area contributed by atoms with E-state index in [1.807, 2.05) is 11.3 Å². The van der Waals surface area contributed by atoms with Crippen LogP contribution in [0.2, 0.25) is 0 Å². The summed E-state index contributed by atoms with van der Waals surface area (Å²) >= 11 is 1.99. The molecule has 0 aromatic carbocycles. The predicted octanol–water partition coefficient (Wildman–Crippen LogP) is 4.22. The lowest BCUT2D eigenvalue weighted by molar-refractivity contribution is 0.409. The number of rotatable bonds is 1. The van der Waals surface area contributed by atoms with Gasteiger partial charge in [-0.05, 0) is 54.0 Å². The van der Waals surface area contributed by atoms with E-state index in [9.17, 15) is 0 Å². The minimum Gasteiger partial charge on any atom is -0.148 e. The second-order valence-electron chi connectivity index (χ2n) is 5.61. The van der Waals surface area contributed by atoms with E-state index in [-0.39, 0.29) is 0 Å². The molecule has 0 aliphatic heterocycles. The second-order valence-corrected chi connectivity index (χ2v) is 6.57. The van der Waals surface area contributed by atoms with Crippen LogP contribution in [-0.2, 0) is 19.3 Å². The van der Waals surface area contributed by atoms with Gasteiger partial charge in [-0.15, -0.1) is 11.3 Å². The highest BCUT2D eigenvalue weighted by Gasteiger charge is 2.19. The summed E-state index contributed by atoms with van der Waals surface area (Å²) in [7, 11) is 0. The Bertz CT molecular complexity index is 314. The summed E-state index contributed by atoms with van der Waals surface area (Å²) in [6.45, 7) is 7.00. The SMILES string of the molecule is CC(C)(C)Cc1csc2c1CCCC2. The van der Waals surface area contributed by atoms with Gasteiger partial charge in [0.05, 0.1) is 0 Å². The molecule has 1 aliphatic rings. The van der Waals surface area contributed by atoms with Crippen LogP contribution in [0.25, 0.3) is 0 Å². The van der Waals surface area contributed by atoms with Crippen LogP contribution < -0.4 is 0 Å². The van der Waals surface area contributed by atoms with Gasteiger partial charge in [0.15, 0.2) is 0 Å². The summed E-state index contributed by atoms with van der Waals surface area (Å²) in [5.41, 5.74) is 3.78. The summed E-state index contributed by atoms with van der Waals surface area (Å²) in [4.78, 5) is 1.68. The van der Waals surface area contributed by atoms with Crippen LogP contribution in [0.1, 0.15) is 49.6 Å². The number of fused-ring (bicyclic) bond motifs is 1. The maximum absolute atomic E-state index is 2.40. The fourth-order valence-corrected chi connectivity index (χ4v) is 3.43. The number of hydrogen-bond acceptors (Lipinski definition) is 1. The molecule has 0 atom stereocenters. The van der Waals surface area contributed by atoms with Crippen LogP contribution in [0.3, 0.4) is 0 Å². The van der Waals surface area contributed by atoms with E-state index in [0.29, 0.717) is 5.41 Å². The number of hydrogen-bond donors (Lipinski definition) is 0. The zero-order valence-corrected chi connectivity index (χ0v) is 10.3. The van der Waals surface area contributed by atoms with Gasteiger partial charge in [-0.1, -0.05) is 20.8 Å². The first-order valence-electron chi connectivity index (χ1n) is 5.64. The molecule has 2 rings (SSSR count). The van der Waals surface area contributed by atoms with Gasteiger partial charge in [0.1, 0.15) is 0 Å². The molecule has 0 spiro atoms. The fourth-order valence-electron chi connectivity index (χ4n) is 2.28. The Morgan fingerprint density at radius 2 is 1.93 bits per heavy atom. The molecule has 1 aliphatic carbocycles. The van der Waals surface area contributed by atoms with Gasteiger partial charge in [-0.3, -0.25) is 0 Å². The Morgan fingerprint density at radius 1 is 1.21 bits per heavy atom. The lowest BCUT2D eigenvalue weighted by Gasteiger charge is -2.20. The molecule has 0 saturated carbocycles. The molecule has 0 amide bonds. The van der Waals surface area contributed by atoms with Crippen molar-refractivity contribution in [2.24, 2.45) is 5.41 Å². The van der Waals surface area contributed by atoms with Crippen molar-refractivity contribution in [3.8, 4) is 0 Å². The molecule has 14 heavy (non-hydrogen) atoms. The van der Waals surface area contributed by atoms with Crippen molar-refractivity contribution in [3.63, 3.8) is 0 Å². The molecule has 78 valence electrons. The minimum atomic E-state index is 0.437. The smallest absolute Gasteiger partial charge is 0.00800 e. The average molecular weight is 208 g/mol. The van der Waals surface area contributed by atoms with Crippen molar-refractivity contribution >= 4 is 11.3 Å². The van der Waals surface area contributed by atoms with Crippen molar-refractivity contribution < 1.29 is 0 Å². The van der Waals surface area contributed by atoms with Gasteiger partial charge < -0.3 is 0 Å². The first-order valence-corrected chi connectivity index (χ1v) is 6.52. The van der Waals surface area contributed by atoms with Crippen molar-refractivity contribution in [2.75, 3.05) is 0 Å². The Morgan fingerprint density at radius 3 is 2.64 bits per heavy atom. The highest BCUT2D eigenvalue weighted by molar-refractivity contribution is 7.10. The highest BCUT2D eigenvalue weighted by atomic mass is 32.1. The standard InChI is InChI=1S/C13H20S/c1-13(2,3)8-10-9-14-12-7-5-4-6-11(10)12/h9H,4-8H2,1-3H3. The zero-order valence-electron chi connectivity index (χ0n) is 9.52. The molecule has 0 unspecified atom stereocenters. The summed E-state index contributed by atoms with van der Waals surface area (Å²) in [5, 5.41) is 2.40. The Labute approximate surface area is 91.4 Å². The molecular weight excluding hydrogens is 188 g/mol.